The third kappa shape index (κ3) is 4.18. The van der Waals surface area contributed by atoms with Crippen molar-refractivity contribution in [3.8, 4) is 0 Å². The molecule has 0 aliphatic carbocycles. The molecule has 0 aromatic heterocycles. The van der Waals surface area contributed by atoms with Gasteiger partial charge in [0.05, 0.1) is 13.0 Å². The largest absolute Gasteiger partial charge is 0.481 e. The summed E-state index contributed by atoms with van der Waals surface area (Å²) in [5.74, 6) is -1.22. The smallest absolute Gasteiger partial charge is 0.305 e. The first kappa shape index (κ1) is 14.2. The van der Waals surface area contributed by atoms with Gasteiger partial charge in [-0.3, -0.25) is 9.59 Å². The van der Waals surface area contributed by atoms with Crippen LogP contribution in [-0.2, 0) is 4.79 Å². The quantitative estimate of drug-likeness (QED) is 0.787. The van der Waals surface area contributed by atoms with Crippen LogP contribution in [0.15, 0.2) is 24.3 Å². The lowest BCUT2D eigenvalue weighted by Crippen LogP contribution is -2.35. The second-order valence-corrected chi connectivity index (χ2v) is 4.03. The molecule has 1 aromatic carbocycles. The van der Waals surface area contributed by atoms with E-state index in [1.807, 2.05) is 19.1 Å². The first-order chi connectivity index (χ1) is 8.54. The van der Waals surface area contributed by atoms with Gasteiger partial charge in [0.1, 0.15) is 0 Å². The van der Waals surface area contributed by atoms with Crippen LogP contribution in [0.5, 0.6) is 0 Å². The number of aliphatic hydroxyl groups excluding tert-OH is 1. The van der Waals surface area contributed by atoms with E-state index in [0.29, 0.717) is 5.56 Å². The van der Waals surface area contributed by atoms with Crippen molar-refractivity contribution in [3.05, 3.63) is 35.4 Å². The van der Waals surface area contributed by atoms with Crippen molar-refractivity contribution < 1.29 is 19.8 Å². The van der Waals surface area contributed by atoms with Gasteiger partial charge in [-0.2, -0.15) is 0 Å². The number of carboxylic acids is 1. The van der Waals surface area contributed by atoms with Crippen LogP contribution < -0.4 is 0 Å². The molecule has 0 radical (unpaired) electrons. The molecule has 0 unspecified atom stereocenters. The summed E-state index contributed by atoms with van der Waals surface area (Å²) in [6.45, 7) is 1.98. The molecule has 0 fully saturated rings. The van der Waals surface area contributed by atoms with Gasteiger partial charge in [0.2, 0.25) is 0 Å². The molecule has 0 saturated carbocycles. The van der Waals surface area contributed by atoms with E-state index in [9.17, 15) is 9.59 Å². The van der Waals surface area contributed by atoms with Crippen LogP contribution in [0.1, 0.15) is 22.3 Å². The number of hydrogen-bond acceptors (Lipinski definition) is 3. The Morgan fingerprint density at radius 1 is 1.17 bits per heavy atom. The molecule has 0 aliphatic heterocycles. The standard InChI is InChI=1S/C13H17NO4/c1-10-2-4-11(5-3-10)13(18)14(8-9-15)7-6-12(16)17/h2-5,15H,6-9H2,1H3,(H,16,17). The van der Waals surface area contributed by atoms with Gasteiger partial charge in [0, 0.05) is 18.7 Å². The summed E-state index contributed by atoms with van der Waals surface area (Å²) in [5, 5.41) is 17.5. The fourth-order valence-electron chi connectivity index (χ4n) is 1.54. The fourth-order valence-corrected chi connectivity index (χ4v) is 1.54. The lowest BCUT2D eigenvalue weighted by atomic mass is 10.1. The highest BCUT2D eigenvalue weighted by Gasteiger charge is 2.15. The third-order valence-corrected chi connectivity index (χ3v) is 2.55. The molecule has 0 atom stereocenters. The number of amides is 1. The fraction of sp³-hybridized carbons (Fsp3) is 0.385. The zero-order valence-electron chi connectivity index (χ0n) is 10.3. The molecule has 0 aliphatic rings. The van der Waals surface area contributed by atoms with Crippen molar-refractivity contribution in [2.75, 3.05) is 19.7 Å². The SMILES string of the molecule is Cc1ccc(C(=O)N(CCO)CCC(=O)O)cc1. The summed E-state index contributed by atoms with van der Waals surface area (Å²) in [6.07, 6.45) is -0.127. The van der Waals surface area contributed by atoms with Crippen molar-refractivity contribution in [3.63, 3.8) is 0 Å². The summed E-state index contributed by atoms with van der Waals surface area (Å²) in [5.41, 5.74) is 1.55. The van der Waals surface area contributed by atoms with Crippen LogP contribution >= 0.6 is 0 Å². The lowest BCUT2D eigenvalue weighted by Gasteiger charge is -2.21. The minimum absolute atomic E-state index is 0.0998. The number of hydrogen-bond donors (Lipinski definition) is 2. The number of carbonyl (C=O) groups excluding carboxylic acids is 1. The van der Waals surface area contributed by atoms with Gasteiger partial charge in [-0.25, -0.2) is 0 Å². The molecule has 1 rings (SSSR count). The van der Waals surface area contributed by atoms with Crippen LogP contribution in [0.3, 0.4) is 0 Å². The second-order valence-electron chi connectivity index (χ2n) is 4.03. The van der Waals surface area contributed by atoms with E-state index in [0.717, 1.165) is 5.56 Å². The Morgan fingerprint density at radius 2 is 1.78 bits per heavy atom. The number of rotatable bonds is 6. The summed E-state index contributed by atoms with van der Waals surface area (Å²) in [6, 6.07) is 7.04. The highest BCUT2D eigenvalue weighted by molar-refractivity contribution is 5.94. The van der Waals surface area contributed by atoms with Crippen LogP contribution in [0, 0.1) is 6.92 Å². The Kier molecular flexibility index (Phi) is 5.32. The molecule has 0 spiro atoms. The molecular weight excluding hydrogens is 234 g/mol. The van der Waals surface area contributed by atoms with Crippen molar-refractivity contribution in [2.24, 2.45) is 0 Å². The van der Waals surface area contributed by atoms with Crippen LogP contribution in [0.4, 0.5) is 0 Å². The average Bonchev–Trinajstić information content (AvgIpc) is 2.34. The van der Waals surface area contributed by atoms with E-state index in [1.165, 1.54) is 4.90 Å². The highest BCUT2D eigenvalue weighted by atomic mass is 16.4. The summed E-state index contributed by atoms with van der Waals surface area (Å²) < 4.78 is 0. The molecule has 98 valence electrons. The van der Waals surface area contributed by atoms with Gasteiger partial charge in [-0.15, -0.1) is 0 Å². The zero-order chi connectivity index (χ0) is 13.5. The maximum Gasteiger partial charge on any atom is 0.305 e. The van der Waals surface area contributed by atoms with Gasteiger partial charge in [0.15, 0.2) is 0 Å². The van der Waals surface area contributed by atoms with E-state index in [2.05, 4.69) is 0 Å². The monoisotopic (exact) mass is 251 g/mol. The minimum Gasteiger partial charge on any atom is -0.481 e. The molecule has 5 nitrogen and oxygen atoms in total. The predicted octanol–water partition coefficient (Wildman–Crippen LogP) is 0.904. The second kappa shape index (κ2) is 6.76. The van der Waals surface area contributed by atoms with E-state index < -0.39 is 5.97 Å². The molecule has 18 heavy (non-hydrogen) atoms. The van der Waals surface area contributed by atoms with Crippen molar-refractivity contribution >= 4 is 11.9 Å². The number of nitrogens with zero attached hydrogens (tertiary/aromatic N) is 1. The van der Waals surface area contributed by atoms with Crippen LogP contribution in [-0.4, -0.2) is 46.7 Å². The number of carbonyl (C=O) groups is 2. The van der Waals surface area contributed by atoms with Gasteiger partial charge in [-0.05, 0) is 19.1 Å². The lowest BCUT2D eigenvalue weighted by molar-refractivity contribution is -0.137. The van der Waals surface area contributed by atoms with Crippen LogP contribution in [0.25, 0.3) is 0 Å². The molecule has 0 bridgehead atoms. The van der Waals surface area contributed by atoms with Gasteiger partial charge < -0.3 is 15.1 Å². The number of carboxylic acid groups (broad SMARTS) is 1. The first-order valence-electron chi connectivity index (χ1n) is 5.73. The minimum atomic E-state index is -0.963. The molecule has 1 aromatic rings. The first-order valence-corrected chi connectivity index (χ1v) is 5.73. The number of benzene rings is 1. The Labute approximate surface area is 106 Å². The van der Waals surface area contributed by atoms with E-state index in [4.69, 9.17) is 10.2 Å². The third-order valence-electron chi connectivity index (χ3n) is 2.55. The summed E-state index contributed by atoms with van der Waals surface area (Å²) >= 11 is 0. The Bertz CT molecular complexity index is 414. The summed E-state index contributed by atoms with van der Waals surface area (Å²) in [7, 11) is 0. The molecule has 0 saturated heterocycles. The Morgan fingerprint density at radius 3 is 2.28 bits per heavy atom. The molecule has 1 amide bonds. The number of aliphatic carboxylic acids is 1. The maximum absolute atomic E-state index is 12.1. The van der Waals surface area contributed by atoms with Gasteiger partial charge in [0.25, 0.3) is 5.91 Å². The number of aliphatic hydroxyl groups is 1. The molecule has 5 heteroatoms. The van der Waals surface area contributed by atoms with Crippen molar-refractivity contribution in [2.45, 2.75) is 13.3 Å². The molecule has 0 heterocycles. The zero-order valence-corrected chi connectivity index (χ0v) is 10.3. The van der Waals surface area contributed by atoms with Crippen molar-refractivity contribution in [1.82, 2.24) is 4.90 Å². The van der Waals surface area contributed by atoms with Crippen molar-refractivity contribution in [1.29, 1.82) is 0 Å². The Balaban J connectivity index is 2.75. The maximum atomic E-state index is 12.1. The topological polar surface area (TPSA) is 77.8 Å². The molecular formula is C13H17NO4. The van der Waals surface area contributed by atoms with E-state index >= 15 is 0 Å². The highest BCUT2D eigenvalue weighted by Crippen LogP contribution is 2.07. The van der Waals surface area contributed by atoms with E-state index in [-0.39, 0.29) is 32.0 Å². The predicted molar refractivity (Wildman–Crippen MR) is 66.4 cm³/mol. The molecule has 2 N–H and O–H groups in total. The van der Waals surface area contributed by atoms with Gasteiger partial charge >= 0.3 is 5.97 Å². The average molecular weight is 251 g/mol. The normalized spacial score (nSPS) is 10.1. The summed E-state index contributed by atoms with van der Waals surface area (Å²) in [4.78, 5) is 23.9. The van der Waals surface area contributed by atoms with E-state index in [1.54, 1.807) is 12.1 Å². The van der Waals surface area contributed by atoms with Crippen LogP contribution in [0.2, 0.25) is 0 Å². The number of aryl methyl sites for hydroxylation is 1. The van der Waals surface area contributed by atoms with Gasteiger partial charge in [-0.1, -0.05) is 17.7 Å². The Hall–Kier alpha value is -1.88.